The number of fused-ring (bicyclic) bond motifs is 1. The van der Waals surface area contributed by atoms with Gasteiger partial charge in [-0.25, -0.2) is 18.3 Å². The van der Waals surface area contributed by atoms with Crippen molar-refractivity contribution in [3.63, 3.8) is 0 Å². The van der Waals surface area contributed by atoms with Crippen molar-refractivity contribution in [3.05, 3.63) is 64.7 Å². The molecular formula is C21H29N2O6PS. The van der Waals surface area contributed by atoms with Crippen LogP contribution in [-0.4, -0.2) is 35.7 Å². The van der Waals surface area contributed by atoms with Crippen molar-refractivity contribution < 1.29 is 27.9 Å². The van der Waals surface area contributed by atoms with Crippen molar-refractivity contribution in [2.24, 2.45) is 0 Å². The van der Waals surface area contributed by atoms with Gasteiger partial charge in [0.15, 0.2) is 0 Å². The predicted molar refractivity (Wildman–Crippen MR) is 120 cm³/mol. The van der Waals surface area contributed by atoms with Crippen molar-refractivity contribution in [1.29, 1.82) is 0 Å². The van der Waals surface area contributed by atoms with Gasteiger partial charge in [-0.05, 0) is 54.0 Å². The lowest BCUT2D eigenvalue weighted by Crippen LogP contribution is -2.42. The Kier molecular flexibility index (Phi) is 7.57. The Labute approximate surface area is 183 Å². The molecule has 31 heavy (non-hydrogen) atoms. The van der Waals surface area contributed by atoms with Crippen LogP contribution in [0.25, 0.3) is 0 Å². The van der Waals surface area contributed by atoms with Gasteiger partial charge in [0, 0.05) is 6.54 Å². The highest BCUT2D eigenvalue weighted by molar-refractivity contribution is 7.92. The minimum absolute atomic E-state index is 0.211. The summed E-state index contributed by atoms with van der Waals surface area (Å²) < 4.78 is 37.5. The van der Waals surface area contributed by atoms with Crippen molar-refractivity contribution in [3.8, 4) is 0 Å². The molecule has 0 bridgehead atoms. The zero-order chi connectivity index (χ0) is 22.6. The van der Waals surface area contributed by atoms with E-state index >= 15 is 0 Å². The molecule has 2 aromatic carbocycles. The van der Waals surface area contributed by atoms with Crippen molar-refractivity contribution >= 4 is 23.3 Å². The Morgan fingerprint density at radius 2 is 1.84 bits per heavy atom. The molecule has 1 aliphatic rings. The summed E-state index contributed by atoms with van der Waals surface area (Å²) in [5.74, 6) is 0. The van der Waals surface area contributed by atoms with Gasteiger partial charge in [0.25, 0.3) is 0 Å². The highest BCUT2D eigenvalue weighted by Crippen LogP contribution is 2.36. The molecule has 8 nitrogen and oxygen atoms in total. The summed E-state index contributed by atoms with van der Waals surface area (Å²) in [6, 6.07) is 12.5. The average Bonchev–Trinajstić information content (AvgIpc) is 2.87. The second-order valence-corrected chi connectivity index (χ2v) is 11.5. The standard InChI is InChI=1S/C21H29N2O6PS/c1-31(28,29)23(20-10-5-9-19-18(20)8-2-3-11-21(19)24)22-15-17-7-4-6-16(14-17)12-13-30(25,26)27/h4-7,9-10,14,21-22,24H,2-3,8,11-13,15H2,1H3,(H2,25,26,27). The van der Waals surface area contributed by atoms with E-state index in [4.69, 9.17) is 9.79 Å². The van der Waals surface area contributed by atoms with E-state index in [0.717, 1.165) is 45.8 Å². The van der Waals surface area contributed by atoms with Crippen LogP contribution in [-0.2, 0) is 34.0 Å². The number of hydrazine groups is 1. The van der Waals surface area contributed by atoms with E-state index in [1.807, 2.05) is 12.1 Å². The molecule has 2 aromatic rings. The predicted octanol–water partition coefficient (Wildman–Crippen LogP) is 2.64. The van der Waals surface area contributed by atoms with Crippen molar-refractivity contribution in [2.45, 2.75) is 44.8 Å². The largest absolute Gasteiger partial charge is 0.388 e. The number of hydrogen-bond acceptors (Lipinski definition) is 5. The second-order valence-electron chi connectivity index (χ2n) is 7.93. The third kappa shape index (κ3) is 6.62. The van der Waals surface area contributed by atoms with Gasteiger partial charge in [0.2, 0.25) is 10.0 Å². The van der Waals surface area contributed by atoms with E-state index in [-0.39, 0.29) is 19.1 Å². The quantitative estimate of drug-likeness (QED) is 0.266. The van der Waals surface area contributed by atoms with Crippen LogP contribution in [0.2, 0.25) is 0 Å². The SMILES string of the molecule is CS(=O)(=O)N(NCc1cccc(CCP(=O)(O)O)c1)c1cccc2c1CCCCC2O. The topological polar surface area (TPSA) is 127 Å². The maximum atomic E-state index is 12.6. The molecule has 4 N–H and O–H groups in total. The number of aliphatic hydroxyl groups is 1. The normalized spacial score (nSPS) is 17.1. The molecule has 0 saturated carbocycles. The molecule has 0 aromatic heterocycles. The molecular weight excluding hydrogens is 439 g/mol. The summed E-state index contributed by atoms with van der Waals surface area (Å²) in [6.07, 6.45) is 3.62. The van der Waals surface area contributed by atoms with Crippen LogP contribution in [0, 0.1) is 0 Å². The number of aryl methyl sites for hydroxylation is 1. The van der Waals surface area contributed by atoms with Crippen LogP contribution in [0.4, 0.5) is 5.69 Å². The average molecular weight is 469 g/mol. The zero-order valence-electron chi connectivity index (χ0n) is 17.4. The Morgan fingerprint density at radius 3 is 2.55 bits per heavy atom. The summed E-state index contributed by atoms with van der Waals surface area (Å²) >= 11 is 0. The number of rotatable bonds is 8. The van der Waals surface area contributed by atoms with Crippen LogP contribution >= 0.6 is 7.60 Å². The molecule has 0 fully saturated rings. The smallest absolute Gasteiger partial charge is 0.325 e. The van der Waals surface area contributed by atoms with Crippen LogP contribution in [0.3, 0.4) is 0 Å². The van der Waals surface area contributed by atoms with Crippen LogP contribution in [0.5, 0.6) is 0 Å². The van der Waals surface area contributed by atoms with E-state index in [9.17, 15) is 18.1 Å². The summed E-state index contributed by atoms with van der Waals surface area (Å²) in [7, 11) is -7.74. The molecule has 0 heterocycles. The first-order valence-electron chi connectivity index (χ1n) is 10.2. The monoisotopic (exact) mass is 468 g/mol. The van der Waals surface area contributed by atoms with Crippen LogP contribution < -0.4 is 9.84 Å². The molecule has 1 atom stereocenters. The molecule has 0 amide bonds. The number of benzene rings is 2. The maximum Gasteiger partial charge on any atom is 0.325 e. The lowest BCUT2D eigenvalue weighted by molar-refractivity contribution is 0.166. The van der Waals surface area contributed by atoms with E-state index in [2.05, 4.69) is 5.43 Å². The van der Waals surface area contributed by atoms with Crippen LogP contribution in [0.15, 0.2) is 42.5 Å². The van der Waals surface area contributed by atoms with Crippen LogP contribution in [0.1, 0.15) is 47.6 Å². The lowest BCUT2D eigenvalue weighted by atomic mass is 9.99. The fourth-order valence-corrected chi connectivity index (χ4v) is 5.25. The minimum atomic E-state index is -4.08. The molecule has 170 valence electrons. The Bertz CT molecular complexity index is 1070. The van der Waals surface area contributed by atoms with Gasteiger partial charge < -0.3 is 14.9 Å². The van der Waals surface area contributed by atoms with E-state index < -0.39 is 23.7 Å². The minimum Gasteiger partial charge on any atom is -0.388 e. The molecule has 0 aliphatic heterocycles. The summed E-state index contributed by atoms with van der Waals surface area (Å²) in [5, 5.41) is 10.5. The zero-order valence-corrected chi connectivity index (χ0v) is 19.1. The number of nitrogens with zero attached hydrogens (tertiary/aromatic N) is 1. The van der Waals surface area contributed by atoms with Gasteiger partial charge in [-0.15, -0.1) is 0 Å². The number of aliphatic hydroxyl groups excluding tert-OH is 1. The third-order valence-electron chi connectivity index (χ3n) is 5.36. The van der Waals surface area contributed by atoms with Gasteiger partial charge in [-0.3, -0.25) is 4.57 Å². The molecule has 1 unspecified atom stereocenters. The Morgan fingerprint density at radius 1 is 1.13 bits per heavy atom. The number of hydrogen-bond donors (Lipinski definition) is 4. The molecule has 0 spiro atoms. The van der Waals surface area contributed by atoms with E-state index in [1.165, 1.54) is 0 Å². The van der Waals surface area contributed by atoms with Gasteiger partial charge >= 0.3 is 7.60 Å². The molecule has 1 aliphatic carbocycles. The van der Waals surface area contributed by atoms with E-state index in [1.54, 1.807) is 30.3 Å². The summed E-state index contributed by atoms with van der Waals surface area (Å²) in [5.41, 5.74) is 6.66. The first-order chi connectivity index (χ1) is 14.5. The highest BCUT2D eigenvalue weighted by Gasteiger charge is 2.25. The molecule has 3 rings (SSSR count). The fourth-order valence-electron chi connectivity index (χ4n) is 3.88. The maximum absolute atomic E-state index is 12.6. The fraction of sp³-hybridized carbons (Fsp3) is 0.429. The number of sulfonamides is 1. The molecule has 10 heteroatoms. The van der Waals surface area contributed by atoms with Gasteiger partial charge in [-0.2, -0.15) is 0 Å². The summed E-state index contributed by atoms with van der Waals surface area (Å²) in [4.78, 5) is 18.2. The van der Waals surface area contributed by atoms with Crippen molar-refractivity contribution in [1.82, 2.24) is 5.43 Å². The third-order valence-corrected chi connectivity index (χ3v) is 7.16. The Hall–Kier alpha value is -1.74. The first-order valence-corrected chi connectivity index (χ1v) is 13.9. The number of anilines is 1. The Balaban J connectivity index is 1.84. The summed E-state index contributed by atoms with van der Waals surface area (Å²) in [6.45, 7) is 0.211. The van der Waals surface area contributed by atoms with E-state index in [0.29, 0.717) is 18.5 Å². The van der Waals surface area contributed by atoms with Crippen molar-refractivity contribution in [2.75, 3.05) is 16.8 Å². The lowest BCUT2D eigenvalue weighted by Gasteiger charge is -2.27. The second kappa shape index (κ2) is 9.81. The molecule has 0 radical (unpaired) electrons. The molecule has 0 saturated heterocycles. The van der Waals surface area contributed by atoms with Gasteiger partial charge in [0.05, 0.1) is 24.2 Å². The highest BCUT2D eigenvalue weighted by atomic mass is 32.2. The first kappa shape index (κ1) is 23.9. The van der Waals surface area contributed by atoms with Gasteiger partial charge in [-0.1, -0.05) is 42.8 Å². The van der Waals surface area contributed by atoms with Gasteiger partial charge in [0.1, 0.15) is 0 Å². The number of nitrogens with one attached hydrogen (secondary N) is 1.